The van der Waals surface area contributed by atoms with Gasteiger partial charge in [-0.3, -0.25) is 9.69 Å². The first-order valence-corrected chi connectivity index (χ1v) is 12.4. The van der Waals surface area contributed by atoms with Gasteiger partial charge in [-0.2, -0.15) is 0 Å². The first-order valence-electron chi connectivity index (χ1n) is 11.7. The van der Waals surface area contributed by atoms with Gasteiger partial charge in [0.2, 0.25) is 5.91 Å². The smallest absolute Gasteiger partial charge is 0.234 e. The highest BCUT2D eigenvalue weighted by Gasteiger charge is 2.33. The van der Waals surface area contributed by atoms with Gasteiger partial charge in [-0.1, -0.05) is 59.6 Å². The van der Waals surface area contributed by atoms with Crippen LogP contribution < -0.4 is 4.74 Å². The molecule has 1 saturated heterocycles. The number of β-amino-alcohol motifs (C(OH)–C–C–N with tert-alkyl or cyclic N) is 1. The van der Waals surface area contributed by atoms with Crippen LogP contribution in [0.2, 0.25) is 10.0 Å². The number of amides is 1. The highest BCUT2D eigenvalue weighted by molar-refractivity contribution is 6.30. The standard InChI is InChI=1S/C28H30Cl2N2O3/c1-31(26(18-32-16-15-24(33)17-32)19-7-13-25(35-2)14-8-19)28(34)27(20-3-9-22(29)10-4-20)21-5-11-23(30)12-6-21/h3-14,24,26-27,33H,15-18H2,1-2H3/t24-,26+/m0/s1. The third-order valence-electron chi connectivity index (χ3n) is 6.65. The lowest BCUT2D eigenvalue weighted by atomic mass is 9.89. The Kier molecular flexibility index (Phi) is 8.34. The monoisotopic (exact) mass is 512 g/mol. The molecule has 0 aromatic heterocycles. The fourth-order valence-electron chi connectivity index (χ4n) is 4.65. The molecule has 0 aliphatic carbocycles. The van der Waals surface area contributed by atoms with Crippen LogP contribution >= 0.6 is 23.2 Å². The molecule has 0 bridgehead atoms. The molecule has 1 heterocycles. The van der Waals surface area contributed by atoms with E-state index in [1.807, 2.05) is 60.5 Å². The summed E-state index contributed by atoms with van der Waals surface area (Å²) < 4.78 is 5.33. The molecule has 35 heavy (non-hydrogen) atoms. The number of nitrogens with zero attached hydrogens (tertiary/aromatic N) is 2. The number of benzene rings is 3. The van der Waals surface area contributed by atoms with Crippen molar-refractivity contribution >= 4 is 29.1 Å². The third-order valence-corrected chi connectivity index (χ3v) is 7.15. The Morgan fingerprint density at radius 3 is 1.94 bits per heavy atom. The minimum atomic E-state index is -0.514. The number of halogens is 2. The van der Waals surface area contributed by atoms with Crippen molar-refractivity contribution in [3.8, 4) is 5.75 Å². The second-order valence-electron chi connectivity index (χ2n) is 8.98. The van der Waals surface area contributed by atoms with E-state index in [2.05, 4.69) is 4.90 Å². The molecule has 1 N–H and O–H groups in total. The Balaban J connectivity index is 1.69. The first-order chi connectivity index (χ1) is 16.9. The van der Waals surface area contributed by atoms with Crippen molar-refractivity contribution in [1.82, 2.24) is 9.80 Å². The number of likely N-dealkylation sites (N-methyl/N-ethyl adjacent to an activating group) is 1. The summed E-state index contributed by atoms with van der Waals surface area (Å²) in [6, 6.07) is 22.4. The van der Waals surface area contributed by atoms with Gasteiger partial charge < -0.3 is 14.7 Å². The number of hydrogen-bond donors (Lipinski definition) is 1. The fraction of sp³-hybridized carbons (Fsp3) is 0.321. The molecule has 0 radical (unpaired) electrons. The lowest BCUT2D eigenvalue weighted by molar-refractivity contribution is -0.133. The third kappa shape index (κ3) is 6.17. The Labute approximate surface area is 216 Å². The van der Waals surface area contributed by atoms with Crippen LogP contribution in [0.15, 0.2) is 72.8 Å². The second kappa shape index (κ2) is 11.4. The molecule has 1 amide bonds. The van der Waals surface area contributed by atoms with Crippen LogP contribution in [-0.2, 0) is 4.79 Å². The lowest BCUT2D eigenvalue weighted by Crippen LogP contribution is -2.41. The second-order valence-corrected chi connectivity index (χ2v) is 9.85. The van der Waals surface area contributed by atoms with E-state index in [4.69, 9.17) is 27.9 Å². The van der Waals surface area contributed by atoms with Crippen molar-refractivity contribution in [3.63, 3.8) is 0 Å². The van der Waals surface area contributed by atoms with E-state index in [-0.39, 0.29) is 18.1 Å². The molecule has 1 fully saturated rings. The van der Waals surface area contributed by atoms with Crippen molar-refractivity contribution in [2.45, 2.75) is 24.5 Å². The summed E-state index contributed by atoms with van der Waals surface area (Å²) in [6.45, 7) is 2.03. The average Bonchev–Trinajstić information content (AvgIpc) is 3.29. The van der Waals surface area contributed by atoms with Gasteiger partial charge in [0.15, 0.2) is 0 Å². The molecule has 4 rings (SSSR count). The van der Waals surface area contributed by atoms with E-state index in [1.54, 1.807) is 31.4 Å². The van der Waals surface area contributed by atoms with Crippen molar-refractivity contribution in [2.24, 2.45) is 0 Å². The van der Waals surface area contributed by atoms with E-state index in [1.165, 1.54) is 0 Å². The Morgan fingerprint density at radius 2 is 1.49 bits per heavy atom. The minimum absolute atomic E-state index is 0.0322. The quantitative estimate of drug-likeness (QED) is 0.438. The Bertz CT molecular complexity index is 1070. The van der Waals surface area contributed by atoms with E-state index >= 15 is 0 Å². The highest BCUT2D eigenvalue weighted by atomic mass is 35.5. The normalized spacial score (nSPS) is 16.9. The van der Waals surface area contributed by atoms with E-state index < -0.39 is 5.92 Å². The number of carbonyl (C=O) groups excluding carboxylic acids is 1. The summed E-state index contributed by atoms with van der Waals surface area (Å²) in [5.74, 6) is 0.216. The van der Waals surface area contributed by atoms with Crippen LogP contribution in [0.5, 0.6) is 5.75 Å². The zero-order valence-electron chi connectivity index (χ0n) is 19.9. The van der Waals surface area contributed by atoms with Gasteiger partial charge in [0.05, 0.1) is 25.2 Å². The maximum Gasteiger partial charge on any atom is 0.234 e. The fourth-order valence-corrected chi connectivity index (χ4v) is 4.90. The van der Waals surface area contributed by atoms with Crippen LogP contribution in [0, 0.1) is 0 Å². The number of carbonyl (C=O) groups is 1. The van der Waals surface area contributed by atoms with Crippen molar-refractivity contribution in [2.75, 3.05) is 33.8 Å². The largest absolute Gasteiger partial charge is 0.497 e. The van der Waals surface area contributed by atoms with Crippen molar-refractivity contribution in [3.05, 3.63) is 99.5 Å². The molecule has 3 aromatic rings. The summed E-state index contributed by atoms with van der Waals surface area (Å²) >= 11 is 12.3. The topological polar surface area (TPSA) is 53.0 Å². The predicted octanol–water partition coefficient (Wildman–Crippen LogP) is 5.40. The zero-order valence-corrected chi connectivity index (χ0v) is 21.4. The molecular weight excluding hydrogens is 483 g/mol. The molecule has 1 aliphatic heterocycles. The van der Waals surface area contributed by atoms with Crippen molar-refractivity contribution in [1.29, 1.82) is 0 Å². The molecular formula is C28H30Cl2N2O3. The molecule has 0 saturated carbocycles. The maximum absolute atomic E-state index is 14.2. The van der Waals surface area contributed by atoms with Gasteiger partial charge >= 0.3 is 0 Å². The lowest BCUT2D eigenvalue weighted by Gasteiger charge is -2.34. The average molecular weight is 513 g/mol. The molecule has 1 aliphatic rings. The number of aliphatic hydroxyl groups excluding tert-OH is 1. The van der Waals surface area contributed by atoms with Gasteiger partial charge in [-0.25, -0.2) is 0 Å². The van der Waals surface area contributed by atoms with Gasteiger partial charge in [0, 0.05) is 36.7 Å². The van der Waals surface area contributed by atoms with Gasteiger partial charge in [0.25, 0.3) is 0 Å². The predicted molar refractivity (Wildman–Crippen MR) is 140 cm³/mol. The molecule has 0 unspecified atom stereocenters. The minimum Gasteiger partial charge on any atom is -0.497 e. The molecule has 0 spiro atoms. The summed E-state index contributed by atoms with van der Waals surface area (Å²) in [5.41, 5.74) is 2.73. The van der Waals surface area contributed by atoms with Crippen LogP contribution in [0.4, 0.5) is 0 Å². The molecule has 2 atom stereocenters. The number of methoxy groups -OCH3 is 1. The maximum atomic E-state index is 14.2. The molecule has 7 heteroatoms. The number of aliphatic hydroxyl groups is 1. The van der Waals surface area contributed by atoms with Crippen LogP contribution in [0.1, 0.15) is 35.1 Å². The van der Waals surface area contributed by atoms with Crippen LogP contribution in [0.3, 0.4) is 0 Å². The summed E-state index contributed by atoms with van der Waals surface area (Å²) in [7, 11) is 3.49. The van der Waals surface area contributed by atoms with Crippen LogP contribution in [0.25, 0.3) is 0 Å². The number of ether oxygens (including phenoxy) is 1. The van der Waals surface area contributed by atoms with E-state index in [9.17, 15) is 9.90 Å². The Morgan fingerprint density at radius 1 is 0.971 bits per heavy atom. The zero-order chi connectivity index (χ0) is 24.9. The van der Waals surface area contributed by atoms with Gasteiger partial charge in [-0.05, 0) is 59.5 Å². The molecule has 184 valence electrons. The summed E-state index contributed by atoms with van der Waals surface area (Å²) in [6.07, 6.45) is 0.411. The first kappa shape index (κ1) is 25.5. The summed E-state index contributed by atoms with van der Waals surface area (Å²) in [4.78, 5) is 18.2. The van der Waals surface area contributed by atoms with E-state index in [0.29, 0.717) is 23.1 Å². The van der Waals surface area contributed by atoms with Crippen LogP contribution in [-0.4, -0.2) is 60.7 Å². The summed E-state index contributed by atoms with van der Waals surface area (Å²) in [5, 5.41) is 11.3. The van der Waals surface area contributed by atoms with Gasteiger partial charge in [-0.15, -0.1) is 0 Å². The molecule has 5 nitrogen and oxygen atoms in total. The van der Waals surface area contributed by atoms with Crippen molar-refractivity contribution < 1.29 is 14.6 Å². The number of hydrogen-bond acceptors (Lipinski definition) is 4. The Hall–Kier alpha value is -2.57. The van der Waals surface area contributed by atoms with Gasteiger partial charge in [0.1, 0.15) is 5.75 Å². The number of likely N-dealkylation sites (tertiary alicyclic amines) is 1. The number of rotatable bonds is 8. The highest BCUT2D eigenvalue weighted by Crippen LogP contribution is 2.33. The van der Waals surface area contributed by atoms with E-state index in [0.717, 1.165) is 35.4 Å². The molecule has 3 aromatic carbocycles. The SMILES string of the molecule is COc1ccc([C@@H](CN2CC[C@H](O)C2)N(C)C(=O)C(c2ccc(Cl)cc2)c2ccc(Cl)cc2)cc1.